The normalized spacial score (nSPS) is 11.9. The van der Waals surface area contributed by atoms with E-state index in [1.165, 1.54) is 0 Å². The molecule has 0 aromatic heterocycles. The molecule has 0 fully saturated rings. The zero-order chi connectivity index (χ0) is 15.1. The number of hydrogen-bond donors (Lipinski definition) is 1. The Labute approximate surface area is 105 Å². The van der Waals surface area contributed by atoms with Crippen molar-refractivity contribution in [3.05, 3.63) is 28.8 Å². The molecule has 0 atom stereocenters. The van der Waals surface area contributed by atoms with Gasteiger partial charge in [-0.05, 0) is 0 Å². The number of rotatable bonds is 3. The van der Waals surface area contributed by atoms with Crippen LogP contribution in [0.2, 0.25) is 0 Å². The lowest BCUT2D eigenvalue weighted by atomic mass is 10.2. The summed E-state index contributed by atoms with van der Waals surface area (Å²) in [5.41, 5.74) is -1.79. The first-order chi connectivity index (χ1) is 8.53. The molecule has 5 nitrogen and oxygen atoms in total. The Morgan fingerprint density at radius 2 is 1.42 bits per heavy atom. The van der Waals surface area contributed by atoms with Gasteiger partial charge in [0.25, 0.3) is 0 Å². The number of sulfonamides is 1. The van der Waals surface area contributed by atoms with Crippen LogP contribution in [0.15, 0.2) is 4.90 Å². The maximum Gasteiger partial charge on any atom is 0.340 e. The summed E-state index contributed by atoms with van der Waals surface area (Å²) < 4.78 is 76.4. The Balaban J connectivity index is 3.99. The molecule has 0 aliphatic rings. The summed E-state index contributed by atoms with van der Waals surface area (Å²) in [5.74, 6) is -11.6. The molecular formula is C9H7F4NO4S. The smallest absolute Gasteiger partial charge is 0.340 e. The third-order valence-electron chi connectivity index (χ3n) is 2.18. The van der Waals surface area contributed by atoms with Crippen molar-refractivity contribution in [2.24, 2.45) is 0 Å². The van der Waals surface area contributed by atoms with E-state index in [4.69, 9.17) is 5.11 Å². The molecule has 0 aliphatic carbocycles. The van der Waals surface area contributed by atoms with E-state index in [0.717, 1.165) is 14.1 Å². The van der Waals surface area contributed by atoms with Crippen LogP contribution in [-0.2, 0) is 10.0 Å². The molecule has 0 saturated heterocycles. The van der Waals surface area contributed by atoms with E-state index in [1.54, 1.807) is 0 Å². The van der Waals surface area contributed by atoms with Crippen LogP contribution in [0.5, 0.6) is 0 Å². The summed E-state index contributed by atoms with van der Waals surface area (Å²) >= 11 is 0. The van der Waals surface area contributed by atoms with Gasteiger partial charge in [-0.15, -0.1) is 0 Å². The van der Waals surface area contributed by atoms with E-state index in [0.29, 0.717) is 4.31 Å². The second kappa shape index (κ2) is 4.78. The SMILES string of the molecule is CN(C)S(=O)(=O)c1c(F)c(F)c(F)c(F)c1C(=O)O. The molecule has 1 aromatic carbocycles. The van der Waals surface area contributed by atoms with Crippen molar-refractivity contribution in [1.29, 1.82) is 0 Å². The summed E-state index contributed by atoms with van der Waals surface area (Å²) in [6.45, 7) is 0. The number of carbonyl (C=O) groups is 1. The number of aromatic carboxylic acids is 1. The lowest BCUT2D eigenvalue weighted by Gasteiger charge is -2.15. The molecule has 0 aliphatic heterocycles. The van der Waals surface area contributed by atoms with Crippen molar-refractivity contribution in [2.45, 2.75) is 4.90 Å². The Morgan fingerprint density at radius 3 is 1.79 bits per heavy atom. The van der Waals surface area contributed by atoms with Crippen LogP contribution in [0, 0.1) is 23.3 Å². The van der Waals surface area contributed by atoms with Crippen LogP contribution in [-0.4, -0.2) is 37.9 Å². The van der Waals surface area contributed by atoms with Gasteiger partial charge in [0.15, 0.2) is 23.3 Å². The van der Waals surface area contributed by atoms with E-state index < -0.39 is 49.7 Å². The van der Waals surface area contributed by atoms with Crippen molar-refractivity contribution in [3.8, 4) is 0 Å². The molecule has 1 rings (SSSR count). The zero-order valence-electron chi connectivity index (χ0n) is 9.54. The lowest BCUT2D eigenvalue weighted by molar-refractivity contribution is 0.0683. The van der Waals surface area contributed by atoms with E-state index in [1.807, 2.05) is 0 Å². The molecule has 1 N–H and O–H groups in total. The van der Waals surface area contributed by atoms with Crippen molar-refractivity contribution < 1.29 is 35.9 Å². The molecule has 0 amide bonds. The van der Waals surface area contributed by atoms with Crippen molar-refractivity contribution in [3.63, 3.8) is 0 Å². The van der Waals surface area contributed by atoms with Gasteiger partial charge in [0.1, 0.15) is 10.5 Å². The third kappa shape index (κ3) is 2.28. The molecule has 1 aromatic rings. The largest absolute Gasteiger partial charge is 0.478 e. The lowest BCUT2D eigenvalue weighted by Crippen LogP contribution is -2.27. The van der Waals surface area contributed by atoms with Gasteiger partial charge in [0, 0.05) is 14.1 Å². The summed E-state index contributed by atoms with van der Waals surface area (Å²) in [6, 6.07) is 0. The molecule has 10 heteroatoms. The average Bonchev–Trinajstić information content (AvgIpc) is 2.29. The quantitative estimate of drug-likeness (QED) is 0.517. The Morgan fingerprint density at radius 1 is 1.00 bits per heavy atom. The number of benzene rings is 1. The summed E-state index contributed by atoms with van der Waals surface area (Å²) in [5, 5.41) is 8.65. The van der Waals surface area contributed by atoms with Gasteiger partial charge < -0.3 is 5.11 Å². The number of carboxylic acids is 1. The molecule has 19 heavy (non-hydrogen) atoms. The second-order valence-electron chi connectivity index (χ2n) is 3.55. The van der Waals surface area contributed by atoms with E-state index in [9.17, 15) is 30.8 Å². The predicted molar refractivity (Wildman–Crippen MR) is 54.1 cm³/mol. The van der Waals surface area contributed by atoms with E-state index in [-0.39, 0.29) is 0 Å². The van der Waals surface area contributed by atoms with Gasteiger partial charge in [0.2, 0.25) is 10.0 Å². The highest BCUT2D eigenvalue weighted by molar-refractivity contribution is 7.89. The maximum atomic E-state index is 13.5. The monoisotopic (exact) mass is 301 g/mol. The van der Waals surface area contributed by atoms with Crippen molar-refractivity contribution >= 4 is 16.0 Å². The van der Waals surface area contributed by atoms with Crippen LogP contribution >= 0.6 is 0 Å². The van der Waals surface area contributed by atoms with Crippen molar-refractivity contribution in [1.82, 2.24) is 4.31 Å². The first-order valence-corrected chi connectivity index (χ1v) is 5.99. The number of hydrogen-bond acceptors (Lipinski definition) is 3. The van der Waals surface area contributed by atoms with Gasteiger partial charge in [-0.3, -0.25) is 0 Å². The van der Waals surface area contributed by atoms with Gasteiger partial charge in [0.05, 0.1) is 0 Å². The Hall–Kier alpha value is -1.68. The second-order valence-corrected chi connectivity index (χ2v) is 5.64. The maximum absolute atomic E-state index is 13.5. The molecular weight excluding hydrogens is 294 g/mol. The fourth-order valence-corrected chi connectivity index (χ4v) is 2.34. The highest BCUT2D eigenvalue weighted by atomic mass is 32.2. The van der Waals surface area contributed by atoms with Crippen molar-refractivity contribution in [2.75, 3.05) is 14.1 Å². The summed E-state index contributed by atoms with van der Waals surface area (Å²) in [7, 11) is -3.04. The van der Waals surface area contributed by atoms with Gasteiger partial charge in [-0.1, -0.05) is 0 Å². The molecule has 0 saturated carbocycles. The first-order valence-electron chi connectivity index (χ1n) is 4.55. The Bertz CT molecular complexity index is 657. The minimum atomic E-state index is -4.81. The summed E-state index contributed by atoms with van der Waals surface area (Å²) in [4.78, 5) is 8.99. The molecule has 0 spiro atoms. The average molecular weight is 301 g/mol. The topological polar surface area (TPSA) is 74.7 Å². The molecule has 0 bridgehead atoms. The van der Waals surface area contributed by atoms with Gasteiger partial charge in [-0.2, -0.15) is 0 Å². The zero-order valence-corrected chi connectivity index (χ0v) is 10.4. The molecule has 0 unspecified atom stereocenters. The van der Waals surface area contributed by atoms with E-state index >= 15 is 0 Å². The first kappa shape index (κ1) is 15.4. The number of nitrogens with zero attached hydrogens (tertiary/aromatic N) is 1. The van der Waals surface area contributed by atoms with Crippen LogP contribution < -0.4 is 0 Å². The minimum absolute atomic E-state index is 0.342. The molecule has 106 valence electrons. The fourth-order valence-electron chi connectivity index (χ4n) is 1.23. The predicted octanol–water partition coefficient (Wildman–Crippen LogP) is 1.19. The number of carboxylic acid groups (broad SMARTS) is 1. The molecule has 0 radical (unpaired) electrons. The molecule has 0 heterocycles. The third-order valence-corrected chi connectivity index (χ3v) is 4.04. The van der Waals surface area contributed by atoms with Gasteiger partial charge in [-0.25, -0.2) is 35.1 Å². The Kier molecular flexibility index (Phi) is 3.87. The van der Waals surface area contributed by atoms with Crippen LogP contribution in [0.4, 0.5) is 17.6 Å². The van der Waals surface area contributed by atoms with Gasteiger partial charge >= 0.3 is 5.97 Å². The standard InChI is InChI=1S/C9H7F4NO4S/c1-14(2)19(17,18)8-3(9(15)16)4(10)5(11)6(12)7(8)13/h1-2H3,(H,15,16). The number of halogens is 4. The highest BCUT2D eigenvalue weighted by Gasteiger charge is 2.36. The highest BCUT2D eigenvalue weighted by Crippen LogP contribution is 2.29. The fraction of sp³-hybridized carbons (Fsp3) is 0.222. The minimum Gasteiger partial charge on any atom is -0.478 e. The van der Waals surface area contributed by atoms with Crippen LogP contribution in [0.1, 0.15) is 10.4 Å². The van der Waals surface area contributed by atoms with Crippen LogP contribution in [0.25, 0.3) is 0 Å². The van der Waals surface area contributed by atoms with E-state index in [2.05, 4.69) is 0 Å². The summed E-state index contributed by atoms with van der Waals surface area (Å²) in [6.07, 6.45) is 0. The van der Waals surface area contributed by atoms with Crippen LogP contribution in [0.3, 0.4) is 0 Å².